The maximum Gasteiger partial charge on any atom is 1.00 e. The van der Waals surface area contributed by atoms with Crippen molar-refractivity contribution in [3.05, 3.63) is 202 Å². The topological polar surface area (TPSA) is 352 Å². The third-order valence-electron chi connectivity index (χ3n) is 9.88. The van der Waals surface area contributed by atoms with Gasteiger partial charge in [-0.05, 0) is 91.3 Å². The molecule has 87 heavy (non-hydrogen) atoms. The molecule has 3 N–H and O–H groups in total. The number of nitriles is 1. The van der Waals surface area contributed by atoms with Crippen molar-refractivity contribution in [2.75, 3.05) is 29.2 Å². The molecule has 10 rings (SSSR count). The molecule has 0 aliphatic heterocycles. The fraction of sp³-hybridized carbons (Fsp3) is 0.214. The van der Waals surface area contributed by atoms with Gasteiger partial charge in [0.05, 0.1) is 51.2 Å². The van der Waals surface area contributed by atoms with Gasteiger partial charge < -0.3 is 37.3 Å². The predicted octanol–water partition coefficient (Wildman–Crippen LogP) is 9.38. The molecule has 10 aromatic rings. The van der Waals surface area contributed by atoms with Crippen molar-refractivity contribution in [3.8, 4) is 28.8 Å². The minimum atomic E-state index is -0.422. The van der Waals surface area contributed by atoms with Crippen molar-refractivity contribution in [3.63, 3.8) is 0 Å². The normalized spacial score (nSPS) is 9.46. The standard InChI is InChI=1S/C16H17N7O2.C12H10N4.C11H10BrN3.C9H9ClN6O2.C5H5BrN2.CN.2CH4.Cu/c1-2-25-14(24)11-23-21-15(20-22-23)13-9-18-16(19-10-13)17-8-12-6-4-3-5-7-12;13-6-11-8-15-12(16-9-11)14-7-10-4-2-1-3-5-10;12-10-7-14-11(15-8-10)13-6-9-4-2-1-3-5-9;1-2-18-7(17)5-16-14-8(13-15-16)6-3-11-9(10)12-4-6;1-4-7-2-5(6)3-8-4;1-2;;;/h3-7,9-10H,2,8,11H2,1H3,(H,17,18,19);1-5,8-9H,7H2,(H,14,15,16);1-5,7-8H,6H2,(H,13,14,15);3-4H,2,5H2,1H3;2-3H,1H3;;2*1H4;/q;;;;;-1;;;+1. The third-order valence-corrected chi connectivity index (χ3v) is 10.9. The molecule has 7 heterocycles. The SMILES string of the molecule is Brc1cnc(NCc2ccccc2)nc1.C.C.CCOC(=O)Cn1nnc(-c2cnc(Cl)nc2)n1.CCOC(=O)Cn1nnc(-c2cnc(NCc3ccccc3)nc2)n1.Cc1ncc(Br)cn1.N#Cc1cnc(NCc2ccccc2)nc1.[C-]#N.[Cu+]. The fourth-order valence-electron chi connectivity index (χ4n) is 6.05. The summed E-state index contributed by atoms with van der Waals surface area (Å²) in [6.07, 6.45) is 16.0. The molecule has 0 aliphatic rings. The first kappa shape index (κ1) is 73.4. The second kappa shape index (κ2) is 42.2. The number of esters is 2. The maximum absolute atomic E-state index is 11.4. The zero-order valence-corrected chi connectivity index (χ0v) is 50.3. The molecule has 0 atom stereocenters. The van der Waals surface area contributed by atoms with E-state index in [0.29, 0.717) is 72.5 Å². The van der Waals surface area contributed by atoms with Crippen molar-refractivity contribution in [1.82, 2.24) is 90.3 Å². The number of ether oxygens (including phenoxy) is 2. The molecular formula is C56H59Br2ClCuN23O4. The van der Waals surface area contributed by atoms with Crippen LogP contribution in [0.25, 0.3) is 22.8 Å². The summed E-state index contributed by atoms with van der Waals surface area (Å²) in [7, 11) is 0. The third kappa shape index (κ3) is 28.6. The van der Waals surface area contributed by atoms with E-state index < -0.39 is 11.9 Å². The number of hydrogen-bond donors (Lipinski definition) is 3. The number of anilines is 3. The predicted molar refractivity (Wildman–Crippen MR) is 327 cm³/mol. The van der Waals surface area contributed by atoms with Crippen LogP contribution in [0.4, 0.5) is 17.8 Å². The molecule has 0 radical (unpaired) electrons. The van der Waals surface area contributed by atoms with Gasteiger partial charge >= 0.3 is 29.0 Å². The van der Waals surface area contributed by atoms with Crippen LogP contribution in [-0.4, -0.2) is 115 Å². The molecule has 0 unspecified atom stereocenters. The van der Waals surface area contributed by atoms with Crippen LogP contribution in [0.15, 0.2) is 162 Å². The summed E-state index contributed by atoms with van der Waals surface area (Å²) in [5, 5.41) is 47.7. The maximum atomic E-state index is 11.4. The molecule has 0 amide bonds. The summed E-state index contributed by atoms with van der Waals surface area (Å²) >= 11 is 12.1. The second-order valence-corrected chi connectivity index (χ2v) is 18.2. The van der Waals surface area contributed by atoms with Crippen LogP contribution in [0.2, 0.25) is 5.28 Å². The molecule has 31 heteroatoms. The van der Waals surface area contributed by atoms with Crippen molar-refractivity contribution in [1.29, 1.82) is 10.5 Å². The molecule has 0 saturated carbocycles. The molecule has 3 aromatic carbocycles. The minimum absolute atomic E-state index is 0. The number of halogens is 3. The van der Waals surface area contributed by atoms with E-state index in [1.165, 1.54) is 35.1 Å². The Morgan fingerprint density at radius 1 is 0.540 bits per heavy atom. The minimum Gasteiger partial charge on any atom is -0.512 e. The van der Waals surface area contributed by atoms with Crippen LogP contribution in [-0.2, 0) is 68.9 Å². The zero-order chi connectivity index (χ0) is 60.2. The monoisotopic (exact) mass is 1370 g/mol. The Bertz CT molecular complexity index is 3520. The molecule has 0 fully saturated rings. The van der Waals surface area contributed by atoms with Gasteiger partial charge in [0, 0.05) is 69.2 Å². The first-order valence-corrected chi connectivity index (χ1v) is 26.8. The number of aryl methyl sites for hydroxylation is 1. The van der Waals surface area contributed by atoms with Gasteiger partial charge in [-0.25, -0.2) is 59.4 Å². The number of nitrogens with zero attached hydrogens (tertiary/aromatic N) is 20. The van der Waals surface area contributed by atoms with Crippen LogP contribution in [0.1, 0.15) is 56.8 Å². The van der Waals surface area contributed by atoms with Crippen LogP contribution >= 0.6 is 43.5 Å². The summed E-state index contributed by atoms with van der Waals surface area (Å²) < 4.78 is 11.4. The molecule has 454 valence electrons. The molecule has 0 bridgehead atoms. The van der Waals surface area contributed by atoms with Gasteiger partial charge in [-0.1, -0.05) is 106 Å². The zero-order valence-electron chi connectivity index (χ0n) is 45.4. The first-order chi connectivity index (χ1) is 40.9. The van der Waals surface area contributed by atoms with Crippen LogP contribution in [0, 0.1) is 30.1 Å². The number of tetrazole rings is 2. The van der Waals surface area contributed by atoms with Crippen LogP contribution < -0.4 is 16.0 Å². The van der Waals surface area contributed by atoms with Crippen LogP contribution in [0.5, 0.6) is 0 Å². The fourth-order valence-corrected chi connectivity index (χ4v) is 6.55. The Balaban J connectivity index is 0.000000377. The van der Waals surface area contributed by atoms with Gasteiger partial charge in [0.2, 0.25) is 34.8 Å². The number of nitrogens with one attached hydrogen (secondary N) is 3. The molecule has 0 spiro atoms. The van der Waals surface area contributed by atoms with E-state index in [0.717, 1.165) is 37.2 Å². The number of carbonyl (C=O) groups is 2. The summed E-state index contributed by atoms with van der Waals surface area (Å²) in [6, 6.07) is 32.1. The molecule has 0 saturated heterocycles. The summed E-state index contributed by atoms with van der Waals surface area (Å²) in [4.78, 5) is 65.1. The smallest absolute Gasteiger partial charge is 0.512 e. The Kier molecular flexibility index (Phi) is 35.6. The van der Waals surface area contributed by atoms with E-state index in [1.807, 2.05) is 91.9 Å². The Hall–Kier alpha value is -9.71. The second-order valence-electron chi connectivity index (χ2n) is 16.0. The number of benzene rings is 3. The van der Waals surface area contributed by atoms with E-state index in [4.69, 9.17) is 38.2 Å². The molecule has 0 aliphatic carbocycles. The van der Waals surface area contributed by atoms with Gasteiger partial charge in [-0.2, -0.15) is 14.9 Å². The van der Waals surface area contributed by atoms with Gasteiger partial charge in [0.25, 0.3) is 0 Å². The molecule has 27 nitrogen and oxygen atoms in total. The average Bonchev–Trinajstić information content (AvgIpc) is 3.59. The largest absolute Gasteiger partial charge is 1.00 e. The van der Waals surface area contributed by atoms with E-state index in [2.05, 4.69) is 141 Å². The van der Waals surface area contributed by atoms with Crippen molar-refractivity contribution < 1.29 is 36.1 Å². The van der Waals surface area contributed by atoms with Crippen molar-refractivity contribution >= 4 is 73.2 Å². The summed E-state index contributed by atoms with van der Waals surface area (Å²) in [5.41, 5.74) is 5.15. The number of aromatic nitrogens is 18. The van der Waals surface area contributed by atoms with Crippen LogP contribution in [0.3, 0.4) is 0 Å². The average molecular weight is 1380 g/mol. The number of rotatable bonds is 17. The Labute approximate surface area is 535 Å². The Morgan fingerprint density at radius 3 is 1.20 bits per heavy atom. The summed E-state index contributed by atoms with van der Waals surface area (Å²) in [6.45, 7) is 12.6. The van der Waals surface area contributed by atoms with Gasteiger partial charge in [0.1, 0.15) is 11.9 Å². The Morgan fingerprint density at radius 2 is 0.862 bits per heavy atom. The summed E-state index contributed by atoms with van der Waals surface area (Å²) in [5.74, 6) is 2.30. The molecule has 7 aromatic heterocycles. The van der Waals surface area contributed by atoms with Crippen molar-refractivity contribution in [2.24, 2.45) is 0 Å². The van der Waals surface area contributed by atoms with E-state index in [9.17, 15) is 9.59 Å². The molecular weight excluding hydrogens is 1320 g/mol. The van der Waals surface area contributed by atoms with Crippen molar-refractivity contribution in [2.45, 2.75) is 68.3 Å². The van der Waals surface area contributed by atoms with E-state index in [-0.39, 0.29) is 50.3 Å². The van der Waals surface area contributed by atoms with Gasteiger partial charge in [-0.15, -0.1) is 20.4 Å². The van der Waals surface area contributed by atoms with Gasteiger partial charge in [-0.3, -0.25) is 0 Å². The number of carbonyl (C=O) groups excluding carboxylic acids is 2. The van der Waals surface area contributed by atoms with Gasteiger partial charge in [0.15, 0.2) is 13.1 Å². The van der Waals surface area contributed by atoms with E-state index in [1.54, 1.807) is 51.0 Å². The quantitative estimate of drug-likeness (QED) is 0.0330. The number of hydrogen-bond acceptors (Lipinski definition) is 25. The van der Waals surface area contributed by atoms with E-state index >= 15 is 0 Å². The first-order valence-electron chi connectivity index (χ1n) is 24.8.